The molecule has 2 aromatic rings. The van der Waals surface area contributed by atoms with Crippen LogP contribution in [0.5, 0.6) is 0 Å². The fourth-order valence-electron chi connectivity index (χ4n) is 2.56. The molecule has 0 atom stereocenters. The van der Waals surface area contributed by atoms with Crippen molar-refractivity contribution in [1.29, 1.82) is 0 Å². The summed E-state index contributed by atoms with van der Waals surface area (Å²) in [7, 11) is -0.331. The third kappa shape index (κ3) is 3.08. The molecule has 1 aromatic heterocycles. The highest BCUT2D eigenvalue weighted by molar-refractivity contribution is 6.62. The second kappa shape index (κ2) is 5.80. The van der Waals surface area contributed by atoms with Crippen LogP contribution in [0.4, 0.5) is 0 Å². The molecule has 0 bridgehead atoms. The van der Waals surface area contributed by atoms with Crippen molar-refractivity contribution < 1.29 is 13.7 Å². The topological polar surface area (TPSA) is 44.5 Å². The van der Waals surface area contributed by atoms with Crippen molar-refractivity contribution in [2.24, 2.45) is 0 Å². The minimum absolute atomic E-state index is 0.322. The predicted octanol–water partition coefficient (Wildman–Crippen LogP) is 3.59. The highest BCUT2D eigenvalue weighted by Crippen LogP contribution is 2.36. The summed E-state index contributed by atoms with van der Waals surface area (Å²) in [5, 5.41) is 0. The standard InChI is InChI=1S/C18H24BNO3/c1-6-7-16-20-15(12-21-16)13-8-10-14(11-9-13)19-22-17(2,3)18(4,5)23-19/h8-12H,6-7H2,1-5H3. The molecule has 1 saturated heterocycles. The zero-order chi connectivity index (χ0) is 16.7. The number of oxazole rings is 1. The molecule has 0 unspecified atom stereocenters. The summed E-state index contributed by atoms with van der Waals surface area (Å²) in [6.07, 6.45) is 3.61. The molecular weight excluding hydrogens is 289 g/mol. The van der Waals surface area contributed by atoms with E-state index in [9.17, 15) is 0 Å². The van der Waals surface area contributed by atoms with Crippen LogP contribution in [0.1, 0.15) is 46.9 Å². The molecule has 5 heteroatoms. The lowest BCUT2D eigenvalue weighted by molar-refractivity contribution is 0.00578. The van der Waals surface area contributed by atoms with E-state index in [1.807, 2.05) is 24.3 Å². The van der Waals surface area contributed by atoms with Gasteiger partial charge in [-0.1, -0.05) is 31.2 Å². The van der Waals surface area contributed by atoms with Crippen molar-refractivity contribution in [3.05, 3.63) is 36.4 Å². The van der Waals surface area contributed by atoms with Crippen LogP contribution in [0, 0.1) is 0 Å². The predicted molar refractivity (Wildman–Crippen MR) is 91.7 cm³/mol. The van der Waals surface area contributed by atoms with Gasteiger partial charge in [-0.3, -0.25) is 0 Å². The molecule has 2 heterocycles. The molecule has 1 fully saturated rings. The Kier molecular flexibility index (Phi) is 4.11. The Morgan fingerprint density at radius 3 is 2.17 bits per heavy atom. The average Bonchev–Trinajstić information content (AvgIpc) is 3.03. The largest absolute Gasteiger partial charge is 0.494 e. The van der Waals surface area contributed by atoms with Gasteiger partial charge in [-0.25, -0.2) is 4.98 Å². The Hall–Kier alpha value is -1.59. The Morgan fingerprint density at radius 1 is 1.00 bits per heavy atom. The van der Waals surface area contributed by atoms with Crippen molar-refractivity contribution in [3.63, 3.8) is 0 Å². The first-order valence-electron chi connectivity index (χ1n) is 8.23. The number of rotatable bonds is 4. The summed E-state index contributed by atoms with van der Waals surface area (Å²) in [5.41, 5.74) is 2.28. The molecule has 0 radical (unpaired) electrons. The SMILES string of the molecule is CCCc1nc(-c2ccc(B3OC(C)(C)C(C)(C)O3)cc2)co1. The molecule has 1 aliphatic heterocycles. The summed E-state index contributed by atoms with van der Waals surface area (Å²) in [4.78, 5) is 4.51. The fraction of sp³-hybridized carbons (Fsp3) is 0.500. The second-order valence-corrected chi connectivity index (χ2v) is 7.09. The van der Waals surface area contributed by atoms with Crippen LogP contribution in [-0.4, -0.2) is 23.3 Å². The van der Waals surface area contributed by atoms with Gasteiger partial charge in [0.1, 0.15) is 12.0 Å². The first-order valence-corrected chi connectivity index (χ1v) is 8.23. The smallest absolute Gasteiger partial charge is 0.448 e. The van der Waals surface area contributed by atoms with Gasteiger partial charge in [-0.05, 0) is 39.6 Å². The minimum Gasteiger partial charge on any atom is -0.448 e. The monoisotopic (exact) mass is 313 g/mol. The molecule has 4 nitrogen and oxygen atoms in total. The van der Waals surface area contributed by atoms with Gasteiger partial charge < -0.3 is 13.7 Å². The third-order valence-corrected chi connectivity index (χ3v) is 4.75. The summed E-state index contributed by atoms with van der Waals surface area (Å²) < 4.78 is 17.6. The lowest BCUT2D eigenvalue weighted by atomic mass is 9.79. The van der Waals surface area contributed by atoms with E-state index in [2.05, 4.69) is 39.6 Å². The number of hydrogen-bond acceptors (Lipinski definition) is 4. The number of aromatic nitrogens is 1. The third-order valence-electron chi connectivity index (χ3n) is 4.75. The zero-order valence-corrected chi connectivity index (χ0v) is 14.6. The maximum atomic E-state index is 6.08. The van der Waals surface area contributed by atoms with E-state index < -0.39 is 0 Å². The van der Waals surface area contributed by atoms with Crippen LogP contribution in [-0.2, 0) is 15.7 Å². The van der Waals surface area contributed by atoms with E-state index in [0.29, 0.717) is 0 Å². The molecule has 1 aromatic carbocycles. The summed E-state index contributed by atoms with van der Waals surface area (Å²) in [5.74, 6) is 0.789. The maximum absolute atomic E-state index is 6.08. The molecule has 1 aliphatic rings. The maximum Gasteiger partial charge on any atom is 0.494 e. The molecule has 0 N–H and O–H groups in total. The first-order chi connectivity index (χ1) is 10.8. The van der Waals surface area contributed by atoms with E-state index in [1.54, 1.807) is 6.26 Å². The highest BCUT2D eigenvalue weighted by atomic mass is 16.7. The highest BCUT2D eigenvalue weighted by Gasteiger charge is 2.51. The van der Waals surface area contributed by atoms with E-state index in [4.69, 9.17) is 13.7 Å². The van der Waals surface area contributed by atoms with Crippen LogP contribution >= 0.6 is 0 Å². The van der Waals surface area contributed by atoms with Gasteiger partial charge in [0.05, 0.1) is 11.2 Å². The Balaban J connectivity index is 1.77. The van der Waals surface area contributed by atoms with Crippen LogP contribution in [0.2, 0.25) is 0 Å². The van der Waals surface area contributed by atoms with Crippen molar-refractivity contribution in [1.82, 2.24) is 4.98 Å². The molecule has 0 spiro atoms. The summed E-state index contributed by atoms with van der Waals surface area (Å²) >= 11 is 0. The lowest BCUT2D eigenvalue weighted by Gasteiger charge is -2.32. The number of nitrogens with zero attached hydrogens (tertiary/aromatic N) is 1. The minimum atomic E-state index is -0.331. The first kappa shape index (κ1) is 16.3. The molecular formula is C18H24BNO3. The lowest BCUT2D eigenvalue weighted by Crippen LogP contribution is -2.41. The summed E-state index contributed by atoms with van der Waals surface area (Å²) in [6.45, 7) is 10.4. The van der Waals surface area contributed by atoms with Crippen LogP contribution in [0.15, 0.2) is 34.9 Å². The number of aryl methyl sites for hydroxylation is 1. The van der Waals surface area contributed by atoms with E-state index in [1.165, 1.54) is 0 Å². The number of benzene rings is 1. The molecule has 0 saturated carbocycles. The van der Waals surface area contributed by atoms with Gasteiger partial charge in [0.2, 0.25) is 0 Å². The van der Waals surface area contributed by atoms with Gasteiger partial charge in [-0.2, -0.15) is 0 Å². The quantitative estimate of drug-likeness (QED) is 0.809. The van der Waals surface area contributed by atoms with Gasteiger partial charge in [-0.15, -0.1) is 0 Å². The van der Waals surface area contributed by atoms with Crippen molar-refractivity contribution >= 4 is 12.6 Å². The second-order valence-electron chi connectivity index (χ2n) is 7.09. The molecule has 23 heavy (non-hydrogen) atoms. The van der Waals surface area contributed by atoms with E-state index in [-0.39, 0.29) is 18.3 Å². The Bertz CT molecular complexity index is 660. The number of hydrogen-bond donors (Lipinski definition) is 0. The normalized spacial score (nSPS) is 19.3. The molecule has 0 aliphatic carbocycles. The van der Waals surface area contributed by atoms with E-state index in [0.717, 1.165) is 35.5 Å². The van der Waals surface area contributed by atoms with Gasteiger partial charge in [0, 0.05) is 12.0 Å². The van der Waals surface area contributed by atoms with Gasteiger partial charge >= 0.3 is 7.12 Å². The van der Waals surface area contributed by atoms with Gasteiger partial charge in [0.25, 0.3) is 0 Å². The zero-order valence-electron chi connectivity index (χ0n) is 14.6. The molecule has 0 amide bonds. The molecule has 122 valence electrons. The summed E-state index contributed by atoms with van der Waals surface area (Å²) in [6, 6.07) is 8.14. The van der Waals surface area contributed by atoms with Crippen LogP contribution in [0.3, 0.4) is 0 Å². The Morgan fingerprint density at radius 2 is 1.61 bits per heavy atom. The van der Waals surface area contributed by atoms with Crippen molar-refractivity contribution in [2.45, 2.75) is 58.7 Å². The van der Waals surface area contributed by atoms with Crippen LogP contribution in [0.25, 0.3) is 11.3 Å². The van der Waals surface area contributed by atoms with E-state index >= 15 is 0 Å². The fourth-order valence-corrected chi connectivity index (χ4v) is 2.56. The van der Waals surface area contributed by atoms with Gasteiger partial charge in [0.15, 0.2) is 5.89 Å². The van der Waals surface area contributed by atoms with Crippen molar-refractivity contribution in [2.75, 3.05) is 0 Å². The van der Waals surface area contributed by atoms with Crippen molar-refractivity contribution in [3.8, 4) is 11.3 Å². The average molecular weight is 313 g/mol. The Labute approximate surface area is 138 Å². The molecule has 3 rings (SSSR count). The van der Waals surface area contributed by atoms with Crippen LogP contribution < -0.4 is 5.46 Å².